The number of thiazole rings is 1. The molecule has 0 saturated heterocycles. The highest BCUT2D eigenvalue weighted by Crippen LogP contribution is 2.17. The van der Waals surface area contributed by atoms with Crippen LogP contribution in [0, 0.1) is 0 Å². The number of aromatic nitrogens is 3. The summed E-state index contributed by atoms with van der Waals surface area (Å²) in [6.07, 6.45) is 3.02. The summed E-state index contributed by atoms with van der Waals surface area (Å²) in [5.41, 5.74) is 6.37. The number of hydrogen-bond donors (Lipinski definition) is 2. The molecule has 24 heavy (non-hydrogen) atoms. The van der Waals surface area contributed by atoms with Crippen molar-refractivity contribution in [2.75, 3.05) is 5.73 Å². The summed E-state index contributed by atoms with van der Waals surface area (Å²) in [5.74, 6) is 0.519. The van der Waals surface area contributed by atoms with Crippen molar-refractivity contribution < 1.29 is 14.1 Å². The molecule has 3 rings (SSSR count). The second kappa shape index (κ2) is 7.28. The van der Waals surface area contributed by atoms with Crippen LogP contribution < -0.4 is 15.8 Å². The van der Waals surface area contributed by atoms with Crippen LogP contribution in [0.3, 0.4) is 0 Å². The van der Waals surface area contributed by atoms with Gasteiger partial charge in [-0.3, -0.25) is 9.78 Å². The predicted octanol–water partition coefficient (Wildman–Crippen LogP) is 2.27. The third-order valence-corrected chi connectivity index (χ3v) is 3.78. The molecule has 0 bridgehead atoms. The molecule has 0 aliphatic carbocycles. The molecule has 0 aliphatic rings. The van der Waals surface area contributed by atoms with Crippen molar-refractivity contribution in [3.8, 4) is 5.75 Å². The van der Waals surface area contributed by atoms with Gasteiger partial charge in [0.15, 0.2) is 16.6 Å². The first kappa shape index (κ1) is 16.2. The first-order valence-corrected chi connectivity index (χ1v) is 8.03. The average Bonchev–Trinajstić information content (AvgIpc) is 3.20. The number of halogens is 1. The number of hydrogen-bond acceptors (Lipinski definition) is 8. The molecule has 0 unspecified atom stereocenters. The number of rotatable bonds is 6. The fourth-order valence-electron chi connectivity index (χ4n) is 1.78. The molecule has 3 aromatic heterocycles. The predicted molar refractivity (Wildman–Crippen MR) is 87.8 cm³/mol. The maximum Gasteiger partial charge on any atom is 0.273 e. The molecule has 3 N–H and O–H groups in total. The Morgan fingerprint density at radius 3 is 3.04 bits per heavy atom. The highest BCUT2D eigenvalue weighted by Gasteiger charge is 2.13. The summed E-state index contributed by atoms with van der Waals surface area (Å²) in [6.45, 7) is 0.365. The summed E-state index contributed by atoms with van der Waals surface area (Å²) >= 11 is 7.13. The molecule has 1 amide bonds. The fourth-order valence-corrected chi connectivity index (χ4v) is 2.51. The molecule has 0 fully saturated rings. The zero-order chi connectivity index (χ0) is 16.9. The van der Waals surface area contributed by atoms with Gasteiger partial charge in [-0.25, -0.2) is 4.98 Å². The molecule has 0 aliphatic heterocycles. The smallest absolute Gasteiger partial charge is 0.273 e. The number of carbonyl (C=O) groups excluding carboxylic acids is 1. The van der Waals surface area contributed by atoms with E-state index in [1.807, 2.05) is 0 Å². The zero-order valence-corrected chi connectivity index (χ0v) is 13.8. The number of nitrogens with zero attached hydrogens (tertiary/aromatic N) is 3. The lowest BCUT2D eigenvalue weighted by atomic mass is 10.3. The van der Waals surface area contributed by atoms with E-state index in [4.69, 9.17) is 26.6 Å². The highest BCUT2D eigenvalue weighted by atomic mass is 35.5. The van der Waals surface area contributed by atoms with Gasteiger partial charge < -0.3 is 20.3 Å². The van der Waals surface area contributed by atoms with Crippen molar-refractivity contribution >= 4 is 34.0 Å². The van der Waals surface area contributed by atoms with E-state index < -0.39 is 0 Å². The molecule has 0 spiro atoms. The number of pyridine rings is 1. The third kappa shape index (κ3) is 4.21. The maximum absolute atomic E-state index is 12.0. The summed E-state index contributed by atoms with van der Waals surface area (Å²) in [7, 11) is 0. The third-order valence-electron chi connectivity index (χ3n) is 2.85. The number of ether oxygens (including phenoxy) is 1. The standard InChI is InChI=1S/C14H12ClN5O3S/c15-8-1-10(5-17-3-8)22-6-11-2-12(20-23-11)13(21)18-4-9-7-24-14(16)19-9/h1-3,5,7H,4,6H2,(H2,16,19)(H,18,21). The Labute approximate surface area is 145 Å². The molecular formula is C14H12ClN5O3S. The van der Waals surface area contributed by atoms with Crippen molar-refractivity contribution in [2.24, 2.45) is 0 Å². The monoisotopic (exact) mass is 365 g/mol. The molecule has 124 valence electrons. The number of nitrogen functional groups attached to an aromatic ring is 1. The lowest BCUT2D eigenvalue weighted by molar-refractivity contribution is 0.0941. The highest BCUT2D eigenvalue weighted by molar-refractivity contribution is 7.13. The summed E-state index contributed by atoms with van der Waals surface area (Å²) < 4.78 is 10.5. The minimum Gasteiger partial charge on any atom is -0.484 e. The molecule has 0 atom stereocenters. The fraction of sp³-hybridized carbons (Fsp3) is 0.143. The van der Waals surface area contributed by atoms with Gasteiger partial charge in [0.05, 0.1) is 23.5 Å². The maximum atomic E-state index is 12.0. The Kier molecular flexibility index (Phi) is 4.92. The lowest BCUT2D eigenvalue weighted by Crippen LogP contribution is -2.23. The van der Waals surface area contributed by atoms with Crippen LogP contribution in [-0.4, -0.2) is 21.0 Å². The molecule has 8 nitrogen and oxygen atoms in total. The van der Waals surface area contributed by atoms with Gasteiger partial charge in [0.2, 0.25) is 0 Å². The van der Waals surface area contributed by atoms with Gasteiger partial charge in [0.1, 0.15) is 12.4 Å². The van der Waals surface area contributed by atoms with E-state index in [0.717, 1.165) is 0 Å². The first-order valence-electron chi connectivity index (χ1n) is 6.77. The second-order valence-corrected chi connectivity index (χ2v) is 5.99. The second-order valence-electron chi connectivity index (χ2n) is 4.67. The van der Waals surface area contributed by atoms with E-state index in [0.29, 0.717) is 27.4 Å². The molecule has 3 aromatic rings. The number of nitrogens with one attached hydrogen (secondary N) is 1. The van der Waals surface area contributed by atoms with Crippen LogP contribution in [-0.2, 0) is 13.2 Å². The van der Waals surface area contributed by atoms with Crippen LogP contribution >= 0.6 is 22.9 Å². The summed E-state index contributed by atoms with van der Waals surface area (Å²) in [4.78, 5) is 20.0. The average molecular weight is 366 g/mol. The van der Waals surface area contributed by atoms with E-state index >= 15 is 0 Å². The van der Waals surface area contributed by atoms with Gasteiger partial charge in [-0.1, -0.05) is 16.8 Å². The van der Waals surface area contributed by atoms with Crippen LogP contribution in [0.1, 0.15) is 21.9 Å². The van der Waals surface area contributed by atoms with E-state index in [1.165, 1.54) is 29.8 Å². The van der Waals surface area contributed by atoms with Crippen LogP contribution in [0.25, 0.3) is 0 Å². The van der Waals surface area contributed by atoms with Crippen LogP contribution in [0.15, 0.2) is 34.4 Å². The Bertz CT molecular complexity index is 850. The van der Waals surface area contributed by atoms with E-state index in [9.17, 15) is 4.79 Å². The molecular weight excluding hydrogens is 354 g/mol. The van der Waals surface area contributed by atoms with Gasteiger partial charge in [-0.2, -0.15) is 0 Å². The molecule has 0 aromatic carbocycles. The lowest BCUT2D eigenvalue weighted by Gasteiger charge is -2.02. The van der Waals surface area contributed by atoms with Gasteiger partial charge in [0.25, 0.3) is 5.91 Å². The van der Waals surface area contributed by atoms with Crippen molar-refractivity contribution in [3.05, 3.63) is 52.1 Å². The van der Waals surface area contributed by atoms with Crippen molar-refractivity contribution in [1.29, 1.82) is 0 Å². The minimum atomic E-state index is -0.374. The zero-order valence-electron chi connectivity index (χ0n) is 12.2. The SMILES string of the molecule is Nc1nc(CNC(=O)c2cc(COc3cncc(Cl)c3)on2)cs1. The van der Waals surface area contributed by atoms with Crippen molar-refractivity contribution in [3.63, 3.8) is 0 Å². The van der Waals surface area contributed by atoms with Crippen LogP contribution in [0.5, 0.6) is 5.75 Å². The number of nitrogens with two attached hydrogens (primary N) is 1. The number of amides is 1. The number of carbonyl (C=O) groups is 1. The molecule has 10 heteroatoms. The van der Waals surface area contributed by atoms with E-state index in [1.54, 1.807) is 11.4 Å². The first-order chi connectivity index (χ1) is 11.6. The number of anilines is 1. The summed E-state index contributed by atoms with van der Waals surface area (Å²) in [5, 5.41) is 9.09. The summed E-state index contributed by atoms with van der Waals surface area (Å²) in [6, 6.07) is 3.13. The largest absolute Gasteiger partial charge is 0.484 e. The Morgan fingerprint density at radius 2 is 2.29 bits per heavy atom. The topological polar surface area (TPSA) is 116 Å². The molecule has 3 heterocycles. The Balaban J connectivity index is 1.53. The van der Waals surface area contributed by atoms with Gasteiger partial charge in [0, 0.05) is 23.7 Å². The van der Waals surface area contributed by atoms with Gasteiger partial charge >= 0.3 is 0 Å². The van der Waals surface area contributed by atoms with E-state index in [-0.39, 0.29) is 24.8 Å². The van der Waals surface area contributed by atoms with Crippen molar-refractivity contribution in [1.82, 2.24) is 20.4 Å². The quantitative estimate of drug-likeness (QED) is 0.688. The Morgan fingerprint density at radius 1 is 1.42 bits per heavy atom. The molecule has 0 saturated carbocycles. The normalized spacial score (nSPS) is 10.5. The van der Waals surface area contributed by atoms with Gasteiger partial charge in [-0.05, 0) is 0 Å². The van der Waals surface area contributed by atoms with Gasteiger partial charge in [-0.15, -0.1) is 11.3 Å². The van der Waals surface area contributed by atoms with Crippen LogP contribution in [0.4, 0.5) is 5.13 Å². The van der Waals surface area contributed by atoms with Crippen LogP contribution in [0.2, 0.25) is 5.02 Å². The van der Waals surface area contributed by atoms with Crippen molar-refractivity contribution in [2.45, 2.75) is 13.2 Å². The minimum absolute atomic E-state index is 0.102. The van der Waals surface area contributed by atoms with E-state index in [2.05, 4.69) is 20.4 Å². The Hall–Kier alpha value is -2.65. The molecule has 0 radical (unpaired) electrons.